The Labute approximate surface area is 134 Å². The van der Waals surface area contributed by atoms with Crippen molar-refractivity contribution in [1.82, 2.24) is 15.1 Å². The lowest BCUT2D eigenvalue weighted by atomic mass is 10.2. The first-order chi connectivity index (χ1) is 10.2. The van der Waals surface area contributed by atoms with Crippen LogP contribution in [0.3, 0.4) is 0 Å². The summed E-state index contributed by atoms with van der Waals surface area (Å²) < 4.78 is 5.53. The summed E-state index contributed by atoms with van der Waals surface area (Å²) in [6.07, 6.45) is 1.77. The van der Waals surface area contributed by atoms with E-state index >= 15 is 0 Å². The molecule has 8 heteroatoms. The third-order valence-corrected chi connectivity index (χ3v) is 4.06. The fraction of sp³-hybridized carbons (Fsp3) is 0.154. The largest absolute Gasteiger partial charge is 0.380 e. The first-order valence-electron chi connectivity index (χ1n) is 6.07. The molecule has 2 aromatic heterocycles. The van der Waals surface area contributed by atoms with Crippen molar-refractivity contribution < 1.29 is 4.52 Å². The van der Waals surface area contributed by atoms with Crippen molar-refractivity contribution in [3.8, 4) is 11.4 Å². The van der Waals surface area contributed by atoms with Crippen molar-refractivity contribution in [2.75, 3.05) is 5.32 Å². The van der Waals surface area contributed by atoms with Gasteiger partial charge in [0.15, 0.2) is 4.47 Å². The summed E-state index contributed by atoms with van der Waals surface area (Å²) >= 11 is 12.9. The van der Waals surface area contributed by atoms with Crippen LogP contribution in [0.1, 0.15) is 10.8 Å². The Morgan fingerprint density at radius 2 is 2.05 bits per heavy atom. The third-order valence-electron chi connectivity index (χ3n) is 2.72. The van der Waals surface area contributed by atoms with Gasteiger partial charge in [-0.2, -0.15) is 4.98 Å². The zero-order valence-corrected chi connectivity index (χ0v) is 13.0. The van der Waals surface area contributed by atoms with Gasteiger partial charge in [0.2, 0.25) is 11.7 Å². The number of nitrogens with zero attached hydrogens (tertiary/aromatic N) is 3. The van der Waals surface area contributed by atoms with Crippen LogP contribution < -0.4 is 5.32 Å². The van der Waals surface area contributed by atoms with Crippen LogP contribution in [0.4, 0.5) is 5.69 Å². The van der Waals surface area contributed by atoms with Gasteiger partial charge in [0, 0.05) is 22.3 Å². The molecule has 0 aliphatic rings. The van der Waals surface area contributed by atoms with Crippen molar-refractivity contribution in [3.63, 3.8) is 0 Å². The predicted molar refractivity (Wildman–Crippen MR) is 83.7 cm³/mol. The molecule has 0 aliphatic carbocycles. The Bertz CT molecular complexity index is 726. The molecule has 1 aromatic carbocycles. The Morgan fingerprint density at radius 3 is 2.67 bits per heavy atom. The van der Waals surface area contributed by atoms with Gasteiger partial charge in [0.1, 0.15) is 5.88 Å². The van der Waals surface area contributed by atoms with Gasteiger partial charge >= 0.3 is 0 Å². The highest BCUT2D eigenvalue weighted by Crippen LogP contribution is 2.21. The number of alkyl halides is 1. The van der Waals surface area contributed by atoms with Crippen LogP contribution >= 0.6 is 34.5 Å². The average Bonchev–Trinajstić information content (AvgIpc) is 3.14. The highest BCUT2D eigenvalue weighted by Gasteiger charge is 2.07. The van der Waals surface area contributed by atoms with Gasteiger partial charge in [-0.1, -0.05) is 16.8 Å². The third kappa shape index (κ3) is 3.53. The van der Waals surface area contributed by atoms with E-state index in [1.54, 1.807) is 6.20 Å². The molecule has 0 unspecified atom stereocenters. The van der Waals surface area contributed by atoms with E-state index in [9.17, 15) is 0 Å². The quantitative estimate of drug-likeness (QED) is 0.705. The Hall–Kier alpha value is -1.63. The van der Waals surface area contributed by atoms with E-state index in [2.05, 4.69) is 20.4 Å². The van der Waals surface area contributed by atoms with E-state index in [1.807, 2.05) is 24.3 Å². The zero-order valence-electron chi connectivity index (χ0n) is 10.7. The lowest BCUT2D eigenvalue weighted by molar-refractivity contribution is 0.391. The summed E-state index contributed by atoms with van der Waals surface area (Å²) in [6.45, 7) is 0.683. The summed E-state index contributed by atoms with van der Waals surface area (Å²) in [5.41, 5.74) is 1.87. The minimum absolute atomic E-state index is 0.212. The highest BCUT2D eigenvalue weighted by atomic mass is 35.5. The molecule has 0 fully saturated rings. The molecule has 0 spiro atoms. The lowest BCUT2D eigenvalue weighted by Gasteiger charge is -2.04. The number of hydrogen-bond acceptors (Lipinski definition) is 6. The first-order valence-corrected chi connectivity index (χ1v) is 7.80. The second-order valence-electron chi connectivity index (χ2n) is 4.16. The van der Waals surface area contributed by atoms with E-state index in [0.717, 1.165) is 16.1 Å². The Balaban J connectivity index is 1.66. The van der Waals surface area contributed by atoms with E-state index in [1.165, 1.54) is 11.3 Å². The normalized spacial score (nSPS) is 10.8. The molecule has 2 heterocycles. The number of benzene rings is 1. The minimum Gasteiger partial charge on any atom is -0.380 e. The zero-order chi connectivity index (χ0) is 14.7. The molecule has 21 heavy (non-hydrogen) atoms. The summed E-state index contributed by atoms with van der Waals surface area (Å²) in [4.78, 5) is 9.25. The Kier molecular flexibility index (Phi) is 4.38. The van der Waals surface area contributed by atoms with Crippen LogP contribution in [0.5, 0.6) is 0 Å². The molecule has 0 amide bonds. The topological polar surface area (TPSA) is 63.8 Å². The van der Waals surface area contributed by atoms with E-state index in [-0.39, 0.29) is 5.88 Å². The number of rotatable bonds is 5. The van der Waals surface area contributed by atoms with Crippen molar-refractivity contribution >= 4 is 40.2 Å². The maximum atomic E-state index is 5.79. The fourth-order valence-electron chi connectivity index (χ4n) is 1.72. The molecule has 0 saturated carbocycles. The van der Waals surface area contributed by atoms with Crippen molar-refractivity contribution in [1.29, 1.82) is 0 Å². The first kappa shape index (κ1) is 14.3. The maximum Gasteiger partial charge on any atom is 0.241 e. The van der Waals surface area contributed by atoms with Crippen LogP contribution in [0.2, 0.25) is 4.47 Å². The van der Waals surface area contributed by atoms with Gasteiger partial charge in [-0.15, -0.1) is 22.9 Å². The van der Waals surface area contributed by atoms with Crippen LogP contribution in [0.25, 0.3) is 11.4 Å². The Morgan fingerprint density at radius 1 is 1.24 bits per heavy atom. The lowest BCUT2D eigenvalue weighted by Crippen LogP contribution is -1.97. The SMILES string of the molecule is ClCc1nc(-c2ccc(NCc3cnc(Cl)s3)cc2)no1. The monoisotopic (exact) mass is 340 g/mol. The average molecular weight is 341 g/mol. The summed E-state index contributed by atoms with van der Waals surface area (Å²) in [5.74, 6) is 1.16. The van der Waals surface area contributed by atoms with Crippen LogP contribution in [0.15, 0.2) is 35.0 Å². The molecule has 0 aliphatic heterocycles. The predicted octanol–water partition coefficient (Wildman–Crippen LogP) is 4.20. The summed E-state index contributed by atoms with van der Waals surface area (Å²) in [6, 6.07) is 7.75. The minimum atomic E-state index is 0.212. The number of halogens is 2. The molecule has 5 nitrogen and oxygen atoms in total. The van der Waals surface area contributed by atoms with E-state index < -0.39 is 0 Å². The van der Waals surface area contributed by atoms with Gasteiger partial charge in [-0.3, -0.25) is 0 Å². The number of nitrogens with one attached hydrogen (secondary N) is 1. The number of anilines is 1. The second kappa shape index (κ2) is 6.43. The van der Waals surface area contributed by atoms with Crippen LogP contribution in [-0.4, -0.2) is 15.1 Å². The number of hydrogen-bond donors (Lipinski definition) is 1. The van der Waals surface area contributed by atoms with Crippen LogP contribution in [-0.2, 0) is 12.4 Å². The van der Waals surface area contributed by atoms with Crippen LogP contribution in [0, 0.1) is 0 Å². The van der Waals surface area contributed by atoms with Gasteiger partial charge in [-0.25, -0.2) is 4.98 Å². The van der Waals surface area contributed by atoms with Gasteiger partial charge in [0.25, 0.3) is 0 Å². The highest BCUT2D eigenvalue weighted by molar-refractivity contribution is 7.15. The summed E-state index contributed by atoms with van der Waals surface area (Å²) in [7, 11) is 0. The molecule has 3 rings (SSSR count). The molecule has 3 aromatic rings. The second-order valence-corrected chi connectivity index (χ2v) is 6.12. The molecule has 0 atom stereocenters. The maximum absolute atomic E-state index is 5.79. The molecular formula is C13H10Cl2N4OS. The summed E-state index contributed by atoms with van der Waals surface area (Å²) in [5, 5.41) is 7.17. The van der Waals surface area contributed by atoms with Crippen molar-refractivity contribution in [3.05, 3.63) is 45.7 Å². The molecule has 1 N–H and O–H groups in total. The number of aromatic nitrogens is 3. The van der Waals surface area contributed by atoms with Crippen molar-refractivity contribution in [2.24, 2.45) is 0 Å². The molecule has 0 bridgehead atoms. The molecular weight excluding hydrogens is 331 g/mol. The van der Waals surface area contributed by atoms with Gasteiger partial charge < -0.3 is 9.84 Å². The van der Waals surface area contributed by atoms with Gasteiger partial charge in [0.05, 0.1) is 6.54 Å². The van der Waals surface area contributed by atoms with Crippen molar-refractivity contribution in [2.45, 2.75) is 12.4 Å². The number of thiazole rings is 1. The molecule has 0 saturated heterocycles. The molecule has 108 valence electrons. The standard InChI is InChI=1S/C13H10Cl2N4OS/c14-5-11-18-12(19-20-11)8-1-3-9(4-2-8)16-6-10-7-17-13(15)21-10/h1-4,7,16H,5-6H2. The van der Waals surface area contributed by atoms with E-state index in [4.69, 9.17) is 27.7 Å². The smallest absolute Gasteiger partial charge is 0.241 e. The van der Waals surface area contributed by atoms with E-state index in [0.29, 0.717) is 22.7 Å². The fourth-order valence-corrected chi connectivity index (χ4v) is 2.74. The molecule has 0 radical (unpaired) electrons. The van der Waals surface area contributed by atoms with Gasteiger partial charge in [-0.05, 0) is 24.3 Å².